The summed E-state index contributed by atoms with van der Waals surface area (Å²) in [6.07, 6.45) is 2.19. The first-order valence-electron chi connectivity index (χ1n) is 6.27. The maximum atomic E-state index is 12.2. The molecule has 0 aromatic heterocycles. The van der Waals surface area contributed by atoms with Gasteiger partial charge in [0.05, 0.1) is 5.41 Å². The Bertz CT molecular complexity index is 324. The van der Waals surface area contributed by atoms with Crippen molar-refractivity contribution in [2.24, 2.45) is 5.41 Å². The summed E-state index contributed by atoms with van der Waals surface area (Å²) >= 11 is 0. The molecule has 2 aliphatic rings. The van der Waals surface area contributed by atoms with E-state index >= 15 is 0 Å². The molecule has 5 nitrogen and oxygen atoms in total. The zero-order valence-corrected chi connectivity index (χ0v) is 10.6. The van der Waals surface area contributed by atoms with E-state index in [1.165, 1.54) is 0 Å². The van der Waals surface area contributed by atoms with Crippen molar-refractivity contribution in [3.8, 4) is 0 Å². The minimum atomic E-state index is -0.278. The fraction of sp³-hybridized carbons (Fsp3) is 0.833. The highest BCUT2D eigenvalue weighted by Crippen LogP contribution is 2.25. The summed E-state index contributed by atoms with van der Waals surface area (Å²) in [7, 11) is 1.79. The molecule has 2 saturated heterocycles. The van der Waals surface area contributed by atoms with Gasteiger partial charge in [-0.25, -0.2) is 0 Å². The lowest BCUT2D eigenvalue weighted by Crippen LogP contribution is -2.52. The van der Waals surface area contributed by atoms with Crippen LogP contribution in [0.4, 0.5) is 0 Å². The third-order valence-electron chi connectivity index (χ3n) is 3.88. The largest absolute Gasteiger partial charge is 0.351 e. The smallest absolute Gasteiger partial charge is 0.227 e. The highest BCUT2D eigenvalue weighted by molar-refractivity contribution is 5.83. The molecular formula is C12H21N3O2. The van der Waals surface area contributed by atoms with Crippen LogP contribution in [0.2, 0.25) is 0 Å². The van der Waals surface area contributed by atoms with Gasteiger partial charge in [0.25, 0.3) is 0 Å². The van der Waals surface area contributed by atoms with E-state index in [2.05, 4.69) is 10.6 Å². The molecule has 0 bridgehead atoms. The molecule has 2 N–H and O–H groups in total. The third-order valence-corrected chi connectivity index (χ3v) is 3.88. The highest BCUT2D eigenvalue weighted by Gasteiger charge is 2.37. The Kier molecular flexibility index (Phi) is 3.38. The number of hydrogen-bond donors (Lipinski definition) is 2. The van der Waals surface area contributed by atoms with Crippen LogP contribution in [0.15, 0.2) is 0 Å². The van der Waals surface area contributed by atoms with E-state index in [0.29, 0.717) is 13.0 Å². The van der Waals surface area contributed by atoms with Crippen molar-refractivity contribution in [3.05, 3.63) is 0 Å². The predicted octanol–water partition coefficient (Wildman–Crippen LogP) is -0.277. The standard InChI is InChI=1S/C12H21N3O2/c1-12(5-6-13-8-12)11(17)14-9-3-4-10(16)15(2)7-9/h9,13H,3-8H2,1-2H3,(H,14,17). The molecule has 0 radical (unpaired) electrons. The lowest BCUT2D eigenvalue weighted by Gasteiger charge is -2.32. The fourth-order valence-electron chi connectivity index (χ4n) is 2.50. The van der Waals surface area contributed by atoms with Gasteiger partial charge >= 0.3 is 0 Å². The second kappa shape index (κ2) is 4.64. The number of nitrogens with one attached hydrogen (secondary N) is 2. The van der Waals surface area contributed by atoms with E-state index in [0.717, 1.165) is 25.9 Å². The molecule has 2 atom stereocenters. The van der Waals surface area contributed by atoms with Gasteiger partial charge in [-0.15, -0.1) is 0 Å². The van der Waals surface area contributed by atoms with Gasteiger partial charge in [0.15, 0.2) is 0 Å². The average Bonchev–Trinajstić information content (AvgIpc) is 2.72. The molecule has 0 spiro atoms. The second-order valence-electron chi connectivity index (χ2n) is 5.47. The number of rotatable bonds is 2. The molecule has 5 heteroatoms. The van der Waals surface area contributed by atoms with Gasteiger partial charge < -0.3 is 15.5 Å². The molecule has 0 aromatic carbocycles. The summed E-state index contributed by atoms with van der Waals surface area (Å²) in [6, 6.07) is 0.114. The van der Waals surface area contributed by atoms with Crippen LogP contribution in [0.3, 0.4) is 0 Å². The molecule has 2 amide bonds. The number of carbonyl (C=O) groups excluding carboxylic acids is 2. The number of amides is 2. The van der Waals surface area contributed by atoms with Crippen LogP contribution < -0.4 is 10.6 Å². The topological polar surface area (TPSA) is 61.4 Å². The Morgan fingerprint density at radius 2 is 2.35 bits per heavy atom. The van der Waals surface area contributed by atoms with Crippen molar-refractivity contribution < 1.29 is 9.59 Å². The molecule has 0 saturated carbocycles. The Morgan fingerprint density at radius 3 is 2.94 bits per heavy atom. The van der Waals surface area contributed by atoms with Crippen molar-refractivity contribution in [2.45, 2.75) is 32.2 Å². The van der Waals surface area contributed by atoms with Gasteiger partial charge in [0.2, 0.25) is 11.8 Å². The molecule has 96 valence electrons. The molecule has 2 rings (SSSR count). The summed E-state index contributed by atoms with van der Waals surface area (Å²) in [5, 5.41) is 6.30. The van der Waals surface area contributed by atoms with Crippen molar-refractivity contribution in [2.75, 3.05) is 26.7 Å². The molecule has 0 aromatic rings. The van der Waals surface area contributed by atoms with Crippen LogP contribution in [-0.4, -0.2) is 49.4 Å². The predicted molar refractivity (Wildman–Crippen MR) is 64.4 cm³/mol. The minimum Gasteiger partial charge on any atom is -0.351 e. The van der Waals surface area contributed by atoms with Crippen LogP contribution in [0.1, 0.15) is 26.2 Å². The maximum absolute atomic E-state index is 12.2. The quantitative estimate of drug-likeness (QED) is 0.697. The zero-order chi connectivity index (χ0) is 12.5. The van der Waals surface area contributed by atoms with Crippen LogP contribution in [0.25, 0.3) is 0 Å². The summed E-state index contributed by atoms with van der Waals surface area (Å²) in [4.78, 5) is 25.2. The Hall–Kier alpha value is -1.10. The maximum Gasteiger partial charge on any atom is 0.227 e. The summed E-state index contributed by atoms with van der Waals surface area (Å²) < 4.78 is 0. The first-order chi connectivity index (χ1) is 8.01. The van der Waals surface area contributed by atoms with Crippen molar-refractivity contribution >= 4 is 11.8 Å². The van der Waals surface area contributed by atoms with E-state index in [4.69, 9.17) is 0 Å². The van der Waals surface area contributed by atoms with E-state index in [1.807, 2.05) is 6.92 Å². The molecule has 17 heavy (non-hydrogen) atoms. The first kappa shape index (κ1) is 12.4. The van der Waals surface area contributed by atoms with Crippen LogP contribution >= 0.6 is 0 Å². The molecule has 2 fully saturated rings. The van der Waals surface area contributed by atoms with Gasteiger partial charge in [0.1, 0.15) is 0 Å². The first-order valence-corrected chi connectivity index (χ1v) is 6.27. The molecule has 2 aliphatic heterocycles. The van der Waals surface area contributed by atoms with Gasteiger partial charge in [-0.1, -0.05) is 0 Å². The number of nitrogens with zero attached hydrogens (tertiary/aromatic N) is 1. The Morgan fingerprint density at radius 1 is 1.59 bits per heavy atom. The fourth-order valence-corrected chi connectivity index (χ4v) is 2.50. The number of hydrogen-bond acceptors (Lipinski definition) is 3. The summed E-state index contributed by atoms with van der Waals surface area (Å²) in [5.41, 5.74) is -0.278. The van der Waals surface area contributed by atoms with Gasteiger partial charge in [-0.05, 0) is 26.3 Å². The molecule has 0 aliphatic carbocycles. The van der Waals surface area contributed by atoms with Gasteiger partial charge in [0, 0.05) is 32.6 Å². The number of carbonyl (C=O) groups is 2. The zero-order valence-electron chi connectivity index (χ0n) is 10.6. The van der Waals surface area contributed by atoms with E-state index in [-0.39, 0.29) is 23.3 Å². The van der Waals surface area contributed by atoms with Crippen molar-refractivity contribution in [1.82, 2.24) is 15.5 Å². The van der Waals surface area contributed by atoms with Crippen LogP contribution in [-0.2, 0) is 9.59 Å². The average molecular weight is 239 g/mol. The number of likely N-dealkylation sites (tertiary alicyclic amines) is 1. The van der Waals surface area contributed by atoms with E-state index in [1.54, 1.807) is 11.9 Å². The third kappa shape index (κ3) is 2.60. The van der Waals surface area contributed by atoms with Crippen LogP contribution in [0, 0.1) is 5.41 Å². The highest BCUT2D eigenvalue weighted by atomic mass is 16.2. The summed E-state index contributed by atoms with van der Waals surface area (Å²) in [6.45, 7) is 4.29. The van der Waals surface area contributed by atoms with Gasteiger partial charge in [-0.2, -0.15) is 0 Å². The number of likely N-dealkylation sites (N-methyl/N-ethyl adjacent to an activating group) is 1. The molecule has 2 unspecified atom stereocenters. The second-order valence-corrected chi connectivity index (χ2v) is 5.47. The Balaban J connectivity index is 1.89. The molecular weight excluding hydrogens is 218 g/mol. The van der Waals surface area contributed by atoms with Crippen molar-refractivity contribution in [3.63, 3.8) is 0 Å². The molecule has 2 heterocycles. The SMILES string of the molecule is CN1CC(NC(=O)C2(C)CCNC2)CCC1=O. The lowest BCUT2D eigenvalue weighted by atomic mass is 9.88. The van der Waals surface area contributed by atoms with E-state index < -0.39 is 0 Å². The van der Waals surface area contributed by atoms with Crippen molar-refractivity contribution in [1.29, 1.82) is 0 Å². The Labute approximate surface area is 102 Å². The lowest BCUT2D eigenvalue weighted by molar-refractivity contribution is -0.135. The van der Waals surface area contributed by atoms with Crippen LogP contribution in [0.5, 0.6) is 0 Å². The minimum absolute atomic E-state index is 0.114. The monoisotopic (exact) mass is 239 g/mol. The normalized spacial score (nSPS) is 33.9. The number of piperidine rings is 1. The van der Waals surface area contributed by atoms with E-state index in [9.17, 15) is 9.59 Å². The van der Waals surface area contributed by atoms with Gasteiger partial charge in [-0.3, -0.25) is 9.59 Å². The summed E-state index contributed by atoms with van der Waals surface area (Å²) in [5.74, 6) is 0.291.